The molecule has 0 bridgehead atoms. The molecule has 2 aliphatic carbocycles. The van der Waals surface area contributed by atoms with Gasteiger partial charge in [-0.2, -0.15) is 0 Å². The van der Waals surface area contributed by atoms with Gasteiger partial charge in [0.15, 0.2) is 11.6 Å². The largest absolute Gasteiger partial charge is 0.204 e. The summed E-state index contributed by atoms with van der Waals surface area (Å²) in [4.78, 5) is 0. The van der Waals surface area contributed by atoms with Crippen molar-refractivity contribution in [1.29, 1.82) is 0 Å². The van der Waals surface area contributed by atoms with Gasteiger partial charge in [0.05, 0.1) is 0 Å². The topological polar surface area (TPSA) is 0 Å². The zero-order valence-electron chi connectivity index (χ0n) is 13.3. The molecule has 0 aromatic heterocycles. The second-order valence-corrected chi connectivity index (χ2v) is 6.98. The van der Waals surface area contributed by atoms with Crippen molar-refractivity contribution in [2.45, 2.75) is 64.2 Å². The van der Waals surface area contributed by atoms with Gasteiger partial charge in [-0.15, -0.1) is 0 Å². The van der Waals surface area contributed by atoms with E-state index < -0.39 is 11.6 Å². The normalized spacial score (nSPS) is 22.0. The molecule has 3 rings (SSSR count). The summed E-state index contributed by atoms with van der Waals surface area (Å²) in [5.41, 5.74) is 2.18. The minimum atomic E-state index is -0.746. The lowest BCUT2D eigenvalue weighted by molar-refractivity contribution is 0.408. The van der Waals surface area contributed by atoms with Crippen molar-refractivity contribution >= 4 is 5.57 Å². The van der Waals surface area contributed by atoms with Crippen molar-refractivity contribution in [1.82, 2.24) is 0 Å². The Morgan fingerprint density at radius 1 is 0.818 bits per heavy atom. The van der Waals surface area contributed by atoms with Crippen LogP contribution in [0.15, 0.2) is 24.3 Å². The molecular weight excluding hydrogens is 278 g/mol. The van der Waals surface area contributed by atoms with Crippen molar-refractivity contribution in [2.75, 3.05) is 0 Å². The van der Waals surface area contributed by atoms with Gasteiger partial charge in [-0.05, 0) is 60.8 Å². The first-order valence-electron chi connectivity index (χ1n) is 8.91. The van der Waals surface area contributed by atoms with Crippen molar-refractivity contribution in [3.05, 3.63) is 41.5 Å². The number of hydrogen-bond acceptors (Lipinski definition) is 0. The number of benzene rings is 1. The quantitative estimate of drug-likeness (QED) is 0.597. The molecule has 1 aromatic carbocycles. The molecule has 0 radical (unpaired) electrons. The average molecular weight is 304 g/mol. The third-order valence-corrected chi connectivity index (χ3v) is 5.36. The van der Waals surface area contributed by atoms with Gasteiger partial charge in [0, 0.05) is 0 Å². The Bertz CT molecular complexity index is 521. The number of allylic oxidation sites excluding steroid dienone is 2. The second-order valence-electron chi connectivity index (χ2n) is 6.98. The third-order valence-electron chi connectivity index (χ3n) is 5.36. The van der Waals surface area contributed by atoms with E-state index in [0.717, 1.165) is 5.56 Å². The molecule has 0 N–H and O–H groups in total. The van der Waals surface area contributed by atoms with Crippen LogP contribution in [-0.4, -0.2) is 0 Å². The summed E-state index contributed by atoms with van der Waals surface area (Å²) < 4.78 is 27.0. The molecule has 0 atom stereocenters. The Labute approximate surface area is 132 Å². The number of hydrogen-bond donors (Lipinski definition) is 0. The lowest BCUT2D eigenvalue weighted by Crippen LogP contribution is -2.12. The van der Waals surface area contributed by atoms with Crippen LogP contribution in [0.5, 0.6) is 0 Å². The Kier molecular flexibility index (Phi) is 5.28. The summed E-state index contributed by atoms with van der Waals surface area (Å²) >= 11 is 0. The molecule has 0 saturated heterocycles. The van der Waals surface area contributed by atoms with Gasteiger partial charge in [-0.1, -0.05) is 50.7 Å². The molecule has 0 nitrogen and oxygen atoms in total. The summed E-state index contributed by atoms with van der Waals surface area (Å²) in [5.74, 6) is -0.313. The predicted octanol–water partition coefficient (Wildman–Crippen LogP) is 6.51. The van der Waals surface area contributed by atoms with E-state index in [9.17, 15) is 8.78 Å². The highest BCUT2D eigenvalue weighted by Gasteiger charge is 2.22. The molecule has 2 saturated carbocycles. The van der Waals surface area contributed by atoms with E-state index >= 15 is 0 Å². The predicted molar refractivity (Wildman–Crippen MR) is 87.5 cm³/mol. The maximum Gasteiger partial charge on any atom is 0.159 e. The van der Waals surface area contributed by atoms with Crippen LogP contribution in [0.2, 0.25) is 0 Å². The summed E-state index contributed by atoms with van der Waals surface area (Å²) in [6.45, 7) is 0. The average Bonchev–Trinajstić information content (AvgIpc) is 2.57. The fraction of sp³-hybridized carbons (Fsp3) is 0.600. The molecule has 0 unspecified atom stereocenters. The van der Waals surface area contributed by atoms with E-state index in [1.54, 1.807) is 6.07 Å². The van der Waals surface area contributed by atoms with Crippen LogP contribution < -0.4 is 0 Å². The summed E-state index contributed by atoms with van der Waals surface area (Å²) in [7, 11) is 0. The zero-order valence-corrected chi connectivity index (χ0v) is 13.3. The smallest absolute Gasteiger partial charge is 0.159 e. The fourth-order valence-electron chi connectivity index (χ4n) is 4.11. The van der Waals surface area contributed by atoms with Gasteiger partial charge in [-0.25, -0.2) is 8.78 Å². The molecular formula is C20H26F2. The minimum Gasteiger partial charge on any atom is -0.204 e. The maximum absolute atomic E-state index is 13.7. The molecule has 2 aliphatic rings. The molecule has 0 heterocycles. The lowest BCUT2D eigenvalue weighted by Gasteiger charge is -2.27. The fourth-order valence-corrected chi connectivity index (χ4v) is 4.11. The van der Waals surface area contributed by atoms with Crippen molar-refractivity contribution in [3.63, 3.8) is 0 Å². The highest BCUT2D eigenvalue weighted by molar-refractivity contribution is 5.68. The molecule has 0 aliphatic heterocycles. The van der Waals surface area contributed by atoms with E-state index in [1.807, 2.05) is 0 Å². The zero-order chi connectivity index (χ0) is 15.4. The first kappa shape index (κ1) is 15.7. The Hall–Kier alpha value is -1.18. The van der Waals surface area contributed by atoms with Crippen LogP contribution in [0.4, 0.5) is 8.78 Å². The lowest BCUT2D eigenvalue weighted by atomic mass is 9.78. The highest BCUT2D eigenvalue weighted by atomic mass is 19.2. The van der Waals surface area contributed by atoms with Gasteiger partial charge < -0.3 is 0 Å². The molecule has 22 heavy (non-hydrogen) atoms. The van der Waals surface area contributed by atoms with Gasteiger partial charge >= 0.3 is 0 Å². The van der Waals surface area contributed by atoms with E-state index in [4.69, 9.17) is 0 Å². The summed E-state index contributed by atoms with van der Waals surface area (Å²) in [5, 5.41) is 0. The molecule has 0 amide bonds. The Morgan fingerprint density at radius 3 is 2.09 bits per heavy atom. The standard InChI is InChI=1S/C20H26F2/c21-19-12-11-17(14-20(19)22)18(16-9-5-2-6-10-16)13-15-7-3-1-4-8-15/h11-16H,1-10H2. The molecule has 0 spiro atoms. The van der Waals surface area contributed by atoms with E-state index in [0.29, 0.717) is 11.8 Å². The molecule has 2 fully saturated rings. The van der Waals surface area contributed by atoms with E-state index in [-0.39, 0.29) is 0 Å². The van der Waals surface area contributed by atoms with E-state index in [2.05, 4.69) is 6.08 Å². The summed E-state index contributed by atoms with van der Waals surface area (Å²) in [6.07, 6.45) is 15.1. The number of halogens is 2. The third kappa shape index (κ3) is 3.77. The van der Waals surface area contributed by atoms with Crippen LogP contribution in [0, 0.1) is 23.5 Å². The van der Waals surface area contributed by atoms with Crippen LogP contribution in [0.3, 0.4) is 0 Å². The number of rotatable bonds is 3. The first-order valence-corrected chi connectivity index (χ1v) is 8.91. The van der Waals surface area contributed by atoms with Crippen molar-refractivity contribution in [3.8, 4) is 0 Å². The summed E-state index contributed by atoms with van der Waals surface area (Å²) in [6, 6.07) is 4.45. The van der Waals surface area contributed by atoms with E-state index in [1.165, 1.54) is 81.9 Å². The Balaban J connectivity index is 1.90. The first-order chi connectivity index (χ1) is 10.7. The van der Waals surface area contributed by atoms with Crippen LogP contribution in [0.25, 0.3) is 5.57 Å². The SMILES string of the molecule is Fc1ccc(C(=CC2CCCCC2)C2CCCCC2)cc1F. The van der Waals surface area contributed by atoms with Crippen molar-refractivity contribution < 1.29 is 8.78 Å². The molecule has 1 aromatic rings. The molecule has 120 valence electrons. The van der Waals surface area contributed by atoms with Crippen LogP contribution in [0.1, 0.15) is 69.8 Å². The monoisotopic (exact) mass is 304 g/mol. The van der Waals surface area contributed by atoms with Crippen LogP contribution in [-0.2, 0) is 0 Å². The second kappa shape index (κ2) is 7.39. The molecule has 2 heteroatoms. The van der Waals surface area contributed by atoms with Gasteiger partial charge in [-0.3, -0.25) is 0 Å². The highest BCUT2D eigenvalue weighted by Crippen LogP contribution is 2.38. The van der Waals surface area contributed by atoms with Gasteiger partial charge in [0.25, 0.3) is 0 Å². The van der Waals surface area contributed by atoms with Crippen LogP contribution >= 0.6 is 0 Å². The van der Waals surface area contributed by atoms with Crippen molar-refractivity contribution in [2.24, 2.45) is 11.8 Å². The van der Waals surface area contributed by atoms with Gasteiger partial charge in [0.2, 0.25) is 0 Å². The minimum absolute atomic E-state index is 0.528. The van der Waals surface area contributed by atoms with Gasteiger partial charge in [0.1, 0.15) is 0 Å². The Morgan fingerprint density at radius 2 is 1.45 bits per heavy atom. The maximum atomic E-state index is 13.7.